The van der Waals surface area contributed by atoms with Crippen molar-refractivity contribution < 1.29 is 13.9 Å². The molecule has 0 fully saturated rings. The van der Waals surface area contributed by atoms with Crippen LogP contribution >= 0.6 is 0 Å². The molecule has 17 heavy (non-hydrogen) atoms. The molecule has 0 unspecified atom stereocenters. The zero-order valence-electron chi connectivity index (χ0n) is 9.19. The van der Waals surface area contributed by atoms with Crippen molar-refractivity contribution in [1.82, 2.24) is 14.8 Å². The SMILES string of the molecule is Cn1c(CO)nnc1Cc1cccc(F)c1F. The number of nitrogens with zero attached hydrogens (tertiary/aromatic N) is 3. The second-order valence-electron chi connectivity index (χ2n) is 3.64. The number of aliphatic hydroxyl groups excluding tert-OH is 1. The summed E-state index contributed by atoms with van der Waals surface area (Å²) in [5.74, 6) is -0.900. The van der Waals surface area contributed by atoms with Crippen LogP contribution in [0.3, 0.4) is 0 Å². The third-order valence-electron chi connectivity index (χ3n) is 2.58. The predicted octanol–water partition coefficient (Wildman–Crippen LogP) is 1.18. The first-order valence-corrected chi connectivity index (χ1v) is 5.04. The lowest BCUT2D eigenvalue weighted by molar-refractivity contribution is 0.266. The first-order valence-electron chi connectivity index (χ1n) is 5.04. The zero-order valence-corrected chi connectivity index (χ0v) is 9.19. The van der Waals surface area contributed by atoms with Crippen LogP contribution < -0.4 is 0 Å². The van der Waals surface area contributed by atoms with Gasteiger partial charge in [-0.1, -0.05) is 12.1 Å². The van der Waals surface area contributed by atoms with Gasteiger partial charge in [-0.25, -0.2) is 8.78 Å². The molecule has 1 heterocycles. The number of halogens is 2. The fourth-order valence-electron chi connectivity index (χ4n) is 1.55. The highest BCUT2D eigenvalue weighted by atomic mass is 19.2. The van der Waals surface area contributed by atoms with Crippen LogP contribution in [0.5, 0.6) is 0 Å². The summed E-state index contributed by atoms with van der Waals surface area (Å²) in [6.07, 6.45) is 0.132. The number of aliphatic hydroxyl groups is 1. The molecule has 1 N–H and O–H groups in total. The Morgan fingerprint density at radius 3 is 2.59 bits per heavy atom. The van der Waals surface area contributed by atoms with E-state index < -0.39 is 11.6 Å². The molecule has 0 saturated carbocycles. The fraction of sp³-hybridized carbons (Fsp3) is 0.273. The van der Waals surface area contributed by atoms with Gasteiger partial charge in [0.05, 0.1) is 0 Å². The van der Waals surface area contributed by atoms with Gasteiger partial charge in [-0.2, -0.15) is 0 Å². The van der Waals surface area contributed by atoms with Crippen molar-refractivity contribution in [1.29, 1.82) is 0 Å². The van der Waals surface area contributed by atoms with Crippen molar-refractivity contribution >= 4 is 0 Å². The Labute approximate surface area is 96.5 Å². The summed E-state index contributed by atoms with van der Waals surface area (Å²) in [4.78, 5) is 0. The molecular formula is C11H11F2N3O. The van der Waals surface area contributed by atoms with E-state index in [9.17, 15) is 8.78 Å². The lowest BCUT2D eigenvalue weighted by atomic mass is 10.1. The van der Waals surface area contributed by atoms with Gasteiger partial charge in [0.25, 0.3) is 0 Å². The van der Waals surface area contributed by atoms with Gasteiger partial charge in [0.1, 0.15) is 12.4 Å². The molecule has 2 rings (SSSR count). The highest BCUT2D eigenvalue weighted by Gasteiger charge is 2.13. The van der Waals surface area contributed by atoms with Gasteiger partial charge in [0, 0.05) is 13.5 Å². The maximum Gasteiger partial charge on any atom is 0.162 e. The molecule has 6 heteroatoms. The molecule has 0 atom stereocenters. The summed E-state index contributed by atoms with van der Waals surface area (Å²) < 4.78 is 28.0. The van der Waals surface area contributed by atoms with Crippen LogP contribution in [-0.4, -0.2) is 19.9 Å². The van der Waals surface area contributed by atoms with Gasteiger partial charge >= 0.3 is 0 Å². The molecule has 0 saturated heterocycles. The van der Waals surface area contributed by atoms with Gasteiger partial charge in [-0.05, 0) is 11.6 Å². The average Bonchev–Trinajstić information content (AvgIpc) is 2.66. The van der Waals surface area contributed by atoms with Crippen molar-refractivity contribution in [2.75, 3.05) is 0 Å². The van der Waals surface area contributed by atoms with Crippen LogP contribution in [0.1, 0.15) is 17.2 Å². The Morgan fingerprint density at radius 1 is 1.24 bits per heavy atom. The molecule has 1 aromatic heterocycles. The normalized spacial score (nSPS) is 10.8. The highest BCUT2D eigenvalue weighted by Crippen LogP contribution is 2.15. The van der Waals surface area contributed by atoms with E-state index in [1.54, 1.807) is 11.6 Å². The van der Waals surface area contributed by atoms with Gasteiger partial charge in [0.2, 0.25) is 0 Å². The van der Waals surface area contributed by atoms with Gasteiger partial charge in [-0.3, -0.25) is 0 Å². The minimum Gasteiger partial charge on any atom is -0.388 e. The maximum atomic E-state index is 13.4. The lowest BCUT2D eigenvalue weighted by Gasteiger charge is -2.04. The van der Waals surface area contributed by atoms with E-state index >= 15 is 0 Å². The molecule has 1 aromatic carbocycles. The van der Waals surface area contributed by atoms with Crippen molar-refractivity contribution in [3.8, 4) is 0 Å². The summed E-state index contributed by atoms with van der Waals surface area (Å²) >= 11 is 0. The summed E-state index contributed by atoms with van der Waals surface area (Å²) in [7, 11) is 1.66. The van der Waals surface area contributed by atoms with E-state index in [2.05, 4.69) is 10.2 Å². The highest BCUT2D eigenvalue weighted by molar-refractivity contribution is 5.22. The second kappa shape index (κ2) is 4.58. The zero-order chi connectivity index (χ0) is 12.4. The number of hydrogen-bond acceptors (Lipinski definition) is 3. The van der Waals surface area contributed by atoms with Crippen LogP contribution in [0.15, 0.2) is 18.2 Å². The third-order valence-corrected chi connectivity index (χ3v) is 2.58. The summed E-state index contributed by atoms with van der Waals surface area (Å²) in [5, 5.41) is 16.5. The molecule has 0 spiro atoms. The molecule has 2 aromatic rings. The van der Waals surface area contributed by atoms with Crippen LogP contribution in [0.25, 0.3) is 0 Å². The molecule has 0 amide bonds. The van der Waals surface area contributed by atoms with E-state index in [-0.39, 0.29) is 18.6 Å². The third kappa shape index (κ3) is 2.16. The second-order valence-corrected chi connectivity index (χ2v) is 3.64. The minimum atomic E-state index is -0.882. The largest absolute Gasteiger partial charge is 0.388 e. The number of benzene rings is 1. The molecule has 0 aliphatic rings. The average molecular weight is 239 g/mol. The smallest absolute Gasteiger partial charge is 0.162 e. The van der Waals surface area contributed by atoms with Crippen LogP contribution in [0.4, 0.5) is 8.78 Å². The Bertz CT molecular complexity index is 540. The van der Waals surface area contributed by atoms with Gasteiger partial charge < -0.3 is 9.67 Å². The molecule has 90 valence electrons. The quantitative estimate of drug-likeness (QED) is 0.874. The first kappa shape index (κ1) is 11.7. The van der Waals surface area contributed by atoms with Crippen molar-refractivity contribution in [2.24, 2.45) is 7.05 Å². The van der Waals surface area contributed by atoms with E-state index in [1.165, 1.54) is 12.1 Å². The Hall–Kier alpha value is -1.82. The number of hydrogen-bond donors (Lipinski definition) is 1. The van der Waals surface area contributed by atoms with E-state index in [0.717, 1.165) is 6.07 Å². The monoisotopic (exact) mass is 239 g/mol. The van der Waals surface area contributed by atoms with Crippen molar-refractivity contribution in [3.05, 3.63) is 47.0 Å². The molecule has 0 aliphatic heterocycles. The van der Waals surface area contributed by atoms with Crippen LogP contribution in [0.2, 0.25) is 0 Å². The summed E-state index contributed by atoms with van der Waals surface area (Å²) in [6, 6.07) is 4.00. The molecule has 0 aliphatic carbocycles. The van der Waals surface area contributed by atoms with Crippen LogP contribution in [-0.2, 0) is 20.1 Å². The maximum absolute atomic E-state index is 13.4. The van der Waals surface area contributed by atoms with E-state index in [4.69, 9.17) is 5.11 Å². The molecule has 0 radical (unpaired) electrons. The van der Waals surface area contributed by atoms with Crippen molar-refractivity contribution in [3.63, 3.8) is 0 Å². The summed E-state index contributed by atoms with van der Waals surface area (Å²) in [6.45, 7) is -0.241. The topological polar surface area (TPSA) is 50.9 Å². The lowest BCUT2D eigenvalue weighted by Crippen LogP contribution is -2.04. The first-order chi connectivity index (χ1) is 8.13. The number of aromatic nitrogens is 3. The molecule has 4 nitrogen and oxygen atoms in total. The number of rotatable bonds is 3. The Kier molecular flexibility index (Phi) is 3.14. The minimum absolute atomic E-state index is 0.132. The van der Waals surface area contributed by atoms with E-state index in [0.29, 0.717) is 11.6 Å². The van der Waals surface area contributed by atoms with Crippen LogP contribution in [0, 0.1) is 11.6 Å². The van der Waals surface area contributed by atoms with E-state index in [1.807, 2.05) is 0 Å². The summed E-state index contributed by atoms with van der Waals surface area (Å²) in [5.41, 5.74) is 0.213. The van der Waals surface area contributed by atoms with Gasteiger partial charge in [0.15, 0.2) is 17.5 Å². The molecule has 0 bridgehead atoms. The standard InChI is InChI=1S/C11H11F2N3O/c1-16-9(14-15-10(16)6-17)5-7-3-2-4-8(12)11(7)13/h2-4,17H,5-6H2,1H3. The molecular weight excluding hydrogens is 228 g/mol. The fourth-order valence-corrected chi connectivity index (χ4v) is 1.55. The Balaban J connectivity index is 2.31. The predicted molar refractivity (Wildman–Crippen MR) is 56.1 cm³/mol. The van der Waals surface area contributed by atoms with Gasteiger partial charge in [-0.15, -0.1) is 10.2 Å². The Morgan fingerprint density at radius 2 is 1.94 bits per heavy atom. The van der Waals surface area contributed by atoms with Crippen molar-refractivity contribution in [2.45, 2.75) is 13.0 Å².